The van der Waals surface area contributed by atoms with Gasteiger partial charge in [0.2, 0.25) is 0 Å². The Morgan fingerprint density at radius 2 is 1.71 bits per heavy atom. The van der Waals surface area contributed by atoms with Crippen LogP contribution < -0.4 is 5.32 Å². The summed E-state index contributed by atoms with van der Waals surface area (Å²) in [5, 5.41) is 4.29. The van der Waals surface area contributed by atoms with Crippen molar-refractivity contribution in [2.75, 3.05) is 20.3 Å². The van der Waals surface area contributed by atoms with Crippen molar-refractivity contribution in [1.29, 1.82) is 0 Å². The van der Waals surface area contributed by atoms with E-state index in [1.807, 2.05) is 60.7 Å². The first-order chi connectivity index (χ1) is 18.4. The molecule has 0 fully saturated rings. The molecule has 38 heavy (non-hydrogen) atoms. The fourth-order valence-corrected chi connectivity index (χ4v) is 5.15. The van der Waals surface area contributed by atoms with Crippen molar-refractivity contribution >= 4 is 22.6 Å². The largest absolute Gasteiger partial charge is 0.501 e. The Kier molecular flexibility index (Phi) is 8.95. The lowest BCUT2D eigenvalue weighted by Gasteiger charge is -2.30. The Labute approximate surface area is 223 Å². The van der Waals surface area contributed by atoms with E-state index in [1.54, 1.807) is 20.1 Å². The van der Waals surface area contributed by atoms with Gasteiger partial charge in [-0.1, -0.05) is 61.0 Å². The number of hydrogen-bond donors (Lipinski definition) is 1. The molecule has 1 aliphatic carbocycles. The summed E-state index contributed by atoms with van der Waals surface area (Å²) in [5.74, 6) is 0.228. The highest BCUT2D eigenvalue weighted by Crippen LogP contribution is 2.44. The van der Waals surface area contributed by atoms with E-state index in [9.17, 15) is 14.0 Å². The SMILES string of the molecule is CCOC(=O)CCNC(=O)c1ccc(C(C)C(C2=CC=C(OC)CC2)c2ccc(F)c3ccccc23)cc1. The molecule has 0 saturated heterocycles. The van der Waals surface area contributed by atoms with Gasteiger partial charge in [0.1, 0.15) is 5.82 Å². The molecule has 3 aromatic carbocycles. The van der Waals surface area contributed by atoms with Crippen LogP contribution in [0.3, 0.4) is 0 Å². The van der Waals surface area contributed by atoms with Gasteiger partial charge in [-0.3, -0.25) is 9.59 Å². The maximum atomic E-state index is 14.7. The Morgan fingerprint density at radius 3 is 2.37 bits per heavy atom. The summed E-state index contributed by atoms with van der Waals surface area (Å²) in [5.41, 5.74) is 3.94. The van der Waals surface area contributed by atoms with Crippen LogP contribution >= 0.6 is 0 Å². The highest BCUT2D eigenvalue weighted by atomic mass is 19.1. The molecule has 1 aliphatic rings. The lowest BCUT2D eigenvalue weighted by atomic mass is 9.74. The Hall–Kier alpha value is -3.93. The molecule has 4 rings (SSSR count). The van der Waals surface area contributed by atoms with Gasteiger partial charge in [0, 0.05) is 29.8 Å². The first kappa shape index (κ1) is 27.1. The highest BCUT2D eigenvalue weighted by Gasteiger charge is 2.28. The number of esters is 1. The number of carbonyl (C=O) groups excluding carboxylic acids is 2. The van der Waals surface area contributed by atoms with Crippen molar-refractivity contribution < 1.29 is 23.5 Å². The number of fused-ring (bicyclic) bond motifs is 1. The molecule has 0 aliphatic heterocycles. The third kappa shape index (κ3) is 6.13. The number of halogens is 1. The quantitative estimate of drug-likeness (QED) is 0.302. The molecule has 5 nitrogen and oxygen atoms in total. The number of amides is 1. The lowest BCUT2D eigenvalue weighted by molar-refractivity contribution is -0.142. The fourth-order valence-electron chi connectivity index (χ4n) is 5.15. The first-order valence-corrected chi connectivity index (χ1v) is 13.1. The van der Waals surface area contributed by atoms with E-state index >= 15 is 0 Å². The molecule has 0 saturated carbocycles. The van der Waals surface area contributed by atoms with Crippen molar-refractivity contribution in [1.82, 2.24) is 5.32 Å². The molecule has 0 spiro atoms. The number of allylic oxidation sites excluding steroid dienone is 4. The van der Waals surface area contributed by atoms with E-state index in [4.69, 9.17) is 9.47 Å². The number of methoxy groups -OCH3 is 1. The van der Waals surface area contributed by atoms with E-state index in [0.29, 0.717) is 17.6 Å². The van der Waals surface area contributed by atoms with Crippen LogP contribution in [0.2, 0.25) is 0 Å². The summed E-state index contributed by atoms with van der Waals surface area (Å²) in [6, 6.07) is 18.6. The van der Waals surface area contributed by atoms with E-state index in [1.165, 1.54) is 5.57 Å². The van der Waals surface area contributed by atoms with Crippen LogP contribution in [-0.4, -0.2) is 32.1 Å². The Bertz CT molecular complexity index is 1360. The molecule has 198 valence electrons. The maximum absolute atomic E-state index is 14.7. The van der Waals surface area contributed by atoms with Crippen LogP contribution in [0.1, 0.15) is 66.4 Å². The third-order valence-electron chi connectivity index (χ3n) is 7.16. The molecule has 3 aromatic rings. The van der Waals surface area contributed by atoms with Crippen molar-refractivity contribution in [3.05, 3.63) is 107 Å². The normalized spacial score (nSPS) is 14.7. The standard InChI is InChI=1S/C32H34FNO4/c1-4-38-30(35)19-20-34-32(36)24-11-9-22(10-12-24)21(2)31(23-13-15-25(37-3)16-14-23)28-17-18-29(33)27-8-6-5-7-26(27)28/h5-13,15,17-18,21,31H,4,14,16,19-20H2,1-3H3,(H,34,36). The summed E-state index contributed by atoms with van der Waals surface area (Å²) in [6.07, 6.45) is 5.95. The minimum atomic E-state index is -0.333. The van der Waals surface area contributed by atoms with Gasteiger partial charge in [0.15, 0.2) is 0 Å². The summed E-state index contributed by atoms with van der Waals surface area (Å²) < 4.78 is 25.0. The zero-order valence-electron chi connectivity index (χ0n) is 22.1. The number of rotatable bonds is 10. The van der Waals surface area contributed by atoms with Crippen LogP contribution in [0.15, 0.2) is 84.1 Å². The van der Waals surface area contributed by atoms with Crippen LogP contribution in [0, 0.1) is 5.82 Å². The van der Waals surface area contributed by atoms with Crippen molar-refractivity contribution in [3.8, 4) is 0 Å². The second-order valence-electron chi connectivity index (χ2n) is 9.46. The van der Waals surface area contributed by atoms with E-state index < -0.39 is 0 Å². The summed E-state index contributed by atoms with van der Waals surface area (Å²) in [7, 11) is 1.69. The van der Waals surface area contributed by atoms with Crippen molar-refractivity contribution in [2.24, 2.45) is 0 Å². The van der Waals surface area contributed by atoms with Crippen LogP contribution in [-0.2, 0) is 14.3 Å². The third-order valence-corrected chi connectivity index (χ3v) is 7.16. The number of hydrogen-bond acceptors (Lipinski definition) is 4. The summed E-state index contributed by atoms with van der Waals surface area (Å²) >= 11 is 0. The molecule has 1 amide bonds. The van der Waals surface area contributed by atoms with Gasteiger partial charge in [-0.2, -0.15) is 0 Å². The minimum Gasteiger partial charge on any atom is -0.501 e. The zero-order chi connectivity index (χ0) is 27.1. The van der Waals surface area contributed by atoms with Crippen LogP contribution in [0.4, 0.5) is 4.39 Å². The second-order valence-corrected chi connectivity index (χ2v) is 9.46. The highest BCUT2D eigenvalue weighted by molar-refractivity contribution is 5.94. The molecule has 2 unspecified atom stereocenters. The molecule has 0 heterocycles. The second kappa shape index (κ2) is 12.5. The van der Waals surface area contributed by atoms with Crippen LogP contribution in [0.5, 0.6) is 0 Å². The monoisotopic (exact) mass is 515 g/mol. The molecular weight excluding hydrogens is 481 g/mol. The Morgan fingerprint density at radius 1 is 0.974 bits per heavy atom. The van der Waals surface area contributed by atoms with Gasteiger partial charge < -0.3 is 14.8 Å². The van der Waals surface area contributed by atoms with Gasteiger partial charge in [-0.25, -0.2) is 4.39 Å². The van der Waals surface area contributed by atoms with Gasteiger partial charge in [-0.05, 0) is 60.1 Å². The summed E-state index contributed by atoms with van der Waals surface area (Å²) in [4.78, 5) is 24.1. The number of ether oxygens (including phenoxy) is 2. The molecule has 2 atom stereocenters. The molecule has 0 aromatic heterocycles. The molecule has 1 N–H and O–H groups in total. The van der Waals surface area contributed by atoms with Crippen LogP contribution in [0.25, 0.3) is 10.8 Å². The fraction of sp³-hybridized carbons (Fsp3) is 0.312. The average Bonchev–Trinajstić information content (AvgIpc) is 2.95. The van der Waals surface area contributed by atoms with E-state index in [-0.39, 0.29) is 42.5 Å². The number of nitrogens with one attached hydrogen (secondary N) is 1. The minimum absolute atomic E-state index is 0.0133. The smallest absolute Gasteiger partial charge is 0.307 e. The van der Waals surface area contributed by atoms with E-state index in [2.05, 4.69) is 18.3 Å². The van der Waals surface area contributed by atoms with Gasteiger partial charge in [0.25, 0.3) is 5.91 Å². The number of benzene rings is 3. The maximum Gasteiger partial charge on any atom is 0.307 e. The van der Waals surface area contributed by atoms with Gasteiger partial charge in [0.05, 0.1) is 25.9 Å². The molecule has 0 radical (unpaired) electrons. The van der Waals surface area contributed by atoms with Crippen molar-refractivity contribution in [3.63, 3.8) is 0 Å². The van der Waals surface area contributed by atoms with E-state index in [0.717, 1.165) is 35.1 Å². The average molecular weight is 516 g/mol. The molecule has 0 bridgehead atoms. The zero-order valence-corrected chi connectivity index (χ0v) is 22.1. The predicted octanol–water partition coefficient (Wildman–Crippen LogP) is 6.80. The topological polar surface area (TPSA) is 64.6 Å². The van der Waals surface area contributed by atoms with Gasteiger partial charge >= 0.3 is 5.97 Å². The van der Waals surface area contributed by atoms with Gasteiger partial charge in [-0.15, -0.1) is 0 Å². The van der Waals surface area contributed by atoms with Crippen molar-refractivity contribution in [2.45, 2.75) is 44.9 Å². The summed E-state index contributed by atoms with van der Waals surface area (Å²) in [6.45, 7) is 4.47. The Balaban J connectivity index is 1.62. The lowest BCUT2D eigenvalue weighted by Crippen LogP contribution is -2.26. The predicted molar refractivity (Wildman–Crippen MR) is 147 cm³/mol. The number of carbonyl (C=O) groups is 2. The molecule has 6 heteroatoms. The first-order valence-electron chi connectivity index (χ1n) is 13.1. The molecular formula is C32H34FNO4.